The second-order valence-corrected chi connectivity index (χ2v) is 4.41. The summed E-state index contributed by atoms with van der Waals surface area (Å²) < 4.78 is 2.16. The molecule has 0 radical (unpaired) electrons. The molecule has 1 aliphatic carbocycles. The largest absolute Gasteiger partial charge is 0.334 e. The van der Waals surface area contributed by atoms with Gasteiger partial charge in [-0.05, 0) is 31.6 Å². The van der Waals surface area contributed by atoms with Crippen LogP contribution in [0.4, 0.5) is 0 Å². The topological polar surface area (TPSA) is 55.9 Å². The SMILES string of the molecule is CCn1ccnc1C(NN)C(C)C1CC1. The normalized spacial score (nSPS) is 20.2. The number of nitrogens with zero attached hydrogens (tertiary/aromatic N) is 2. The predicted molar refractivity (Wildman–Crippen MR) is 59.9 cm³/mol. The third kappa shape index (κ3) is 2.06. The second-order valence-electron chi connectivity index (χ2n) is 4.41. The fourth-order valence-electron chi connectivity index (χ4n) is 2.22. The summed E-state index contributed by atoms with van der Waals surface area (Å²) in [7, 11) is 0. The Kier molecular flexibility index (Phi) is 3.07. The summed E-state index contributed by atoms with van der Waals surface area (Å²) in [5, 5.41) is 0. The average molecular weight is 208 g/mol. The number of rotatable bonds is 5. The van der Waals surface area contributed by atoms with Crippen LogP contribution in [0.25, 0.3) is 0 Å². The molecule has 0 spiro atoms. The molecule has 0 amide bonds. The summed E-state index contributed by atoms with van der Waals surface area (Å²) >= 11 is 0. The molecular weight excluding hydrogens is 188 g/mol. The highest BCUT2D eigenvalue weighted by atomic mass is 15.3. The van der Waals surface area contributed by atoms with Crippen molar-refractivity contribution in [2.45, 2.75) is 39.3 Å². The number of aryl methyl sites for hydroxylation is 1. The summed E-state index contributed by atoms with van der Waals surface area (Å²) in [5.41, 5.74) is 2.92. The van der Waals surface area contributed by atoms with Crippen molar-refractivity contribution in [2.75, 3.05) is 0 Å². The minimum Gasteiger partial charge on any atom is -0.334 e. The van der Waals surface area contributed by atoms with Crippen LogP contribution in [0.3, 0.4) is 0 Å². The van der Waals surface area contributed by atoms with E-state index in [0.29, 0.717) is 5.92 Å². The Bertz CT molecular complexity index is 316. The molecule has 2 unspecified atom stereocenters. The zero-order valence-electron chi connectivity index (χ0n) is 9.48. The molecule has 4 heteroatoms. The van der Waals surface area contributed by atoms with Crippen molar-refractivity contribution in [1.82, 2.24) is 15.0 Å². The molecule has 2 atom stereocenters. The number of aromatic nitrogens is 2. The summed E-state index contributed by atoms with van der Waals surface area (Å²) in [6, 6.07) is 0.187. The standard InChI is InChI=1S/C11H20N4/c1-3-15-7-6-13-11(15)10(14-12)8(2)9-4-5-9/h6-10,14H,3-5,12H2,1-2H3. The van der Waals surface area contributed by atoms with E-state index < -0.39 is 0 Å². The van der Waals surface area contributed by atoms with Gasteiger partial charge >= 0.3 is 0 Å². The van der Waals surface area contributed by atoms with Crippen molar-refractivity contribution in [2.24, 2.45) is 17.7 Å². The fraction of sp³-hybridized carbons (Fsp3) is 0.727. The van der Waals surface area contributed by atoms with Crippen LogP contribution in [0.5, 0.6) is 0 Å². The summed E-state index contributed by atoms with van der Waals surface area (Å²) in [4.78, 5) is 4.41. The monoisotopic (exact) mass is 208 g/mol. The Morgan fingerprint density at radius 3 is 2.93 bits per heavy atom. The van der Waals surface area contributed by atoms with Gasteiger partial charge in [-0.15, -0.1) is 0 Å². The molecule has 0 aliphatic heterocycles. The maximum Gasteiger partial charge on any atom is 0.127 e. The van der Waals surface area contributed by atoms with Gasteiger partial charge < -0.3 is 4.57 Å². The number of hydrogen-bond donors (Lipinski definition) is 2. The molecule has 1 aromatic rings. The lowest BCUT2D eigenvalue weighted by Gasteiger charge is -2.23. The molecular formula is C11H20N4. The molecule has 1 heterocycles. The van der Waals surface area contributed by atoms with Crippen LogP contribution in [-0.4, -0.2) is 9.55 Å². The molecule has 15 heavy (non-hydrogen) atoms. The van der Waals surface area contributed by atoms with Crippen LogP contribution >= 0.6 is 0 Å². The van der Waals surface area contributed by atoms with E-state index in [4.69, 9.17) is 5.84 Å². The highest BCUT2D eigenvalue weighted by Gasteiger charge is 2.35. The van der Waals surface area contributed by atoms with Crippen molar-refractivity contribution in [3.05, 3.63) is 18.2 Å². The van der Waals surface area contributed by atoms with E-state index in [1.165, 1.54) is 12.8 Å². The molecule has 3 N–H and O–H groups in total. The molecule has 2 rings (SSSR count). The van der Waals surface area contributed by atoms with Gasteiger partial charge in [0.05, 0.1) is 6.04 Å². The summed E-state index contributed by atoms with van der Waals surface area (Å²) in [6.07, 6.45) is 6.54. The van der Waals surface area contributed by atoms with Crippen LogP contribution in [0.15, 0.2) is 12.4 Å². The third-order valence-corrected chi connectivity index (χ3v) is 3.44. The van der Waals surface area contributed by atoms with Gasteiger partial charge in [0.15, 0.2) is 0 Å². The number of nitrogens with one attached hydrogen (secondary N) is 1. The summed E-state index contributed by atoms with van der Waals surface area (Å²) in [6.45, 7) is 5.34. The zero-order valence-corrected chi connectivity index (χ0v) is 9.48. The van der Waals surface area contributed by atoms with Crippen LogP contribution in [0.2, 0.25) is 0 Å². The van der Waals surface area contributed by atoms with Gasteiger partial charge in [0.1, 0.15) is 5.82 Å². The van der Waals surface area contributed by atoms with Gasteiger partial charge in [0.2, 0.25) is 0 Å². The van der Waals surface area contributed by atoms with Crippen LogP contribution < -0.4 is 11.3 Å². The predicted octanol–water partition coefficient (Wildman–Crippen LogP) is 1.45. The first kappa shape index (κ1) is 10.6. The number of hydrogen-bond acceptors (Lipinski definition) is 3. The Hall–Kier alpha value is -0.870. The van der Waals surface area contributed by atoms with E-state index in [2.05, 4.69) is 28.8 Å². The minimum absolute atomic E-state index is 0.187. The van der Waals surface area contributed by atoms with E-state index in [9.17, 15) is 0 Å². The first-order valence-electron chi connectivity index (χ1n) is 5.75. The number of nitrogens with two attached hydrogens (primary N) is 1. The van der Waals surface area contributed by atoms with Crippen molar-refractivity contribution < 1.29 is 0 Å². The fourth-order valence-corrected chi connectivity index (χ4v) is 2.22. The maximum absolute atomic E-state index is 5.65. The van der Waals surface area contributed by atoms with Gasteiger partial charge in [0.25, 0.3) is 0 Å². The van der Waals surface area contributed by atoms with Crippen molar-refractivity contribution in [1.29, 1.82) is 0 Å². The highest BCUT2D eigenvalue weighted by Crippen LogP contribution is 2.41. The Labute approximate surface area is 90.8 Å². The quantitative estimate of drug-likeness (QED) is 0.569. The lowest BCUT2D eigenvalue weighted by atomic mass is 9.96. The molecule has 1 aliphatic rings. The first-order valence-corrected chi connectivity index (χ1v) is 5.75. The minimum atomic E-state index is 0.187. The Morgan fingerprint density at radius 1 is 1.67 bits per heavy atom. The molecule has 0 bridgehead atoms. The molecule has 1 aromatic heterocycles. The van der Waals surface area contributed by atoms with Gasteiger partial charge in [0, 0.05) is 18.9 Å². The lowest BCUT2D eigenvalue weighted by molar-refractivity contribution is 0.332. The molecule has 0 saturated heterocycles. The van der Waals surface area contributed by atoms with Crippen LogP contribution in [0, 0.1) is 11.8 Å². The van der Waals surface area contributed by atoms with E-state index >= 15 is 0 Å². The maximum atomic E-state index is 5.65. The van der Waals surface area contributed by atoms with Crippen LogP contribution in [-0.2, 0) is 6.54 Å². The summed E-state index contributed by atoms with van der Waals surface area (Å²) in [5.74, 6) is 8.12. The van der Waals surface area contributed by atoms with E-state index in [1.807, 2.05) is 12.4 Å². The average Bonchev–Trinajstić information content (AvgIpc) is 3.00. The van der Waals surface area contributed by atoms with Gasteiger partial charge in [-0.2, -0.15) is 0 Å². The van der Waals surface area contributed by atoms with E-state index in [1.54, 1.807) is 0 Å². The van der Waals surface area contributed by atoms with Gasteiger partial charge in [-0.1, -0.05) is 6.92 Å². The second kappa shape index (κ2) is 4.33. The molecule has 1 saturated carbocycles. The van der Waals surface area contributed by atoms with Gasteiger partial charge in [-0.25, -0.2) is 10.4 Å². The van der Waals surface area contributed by atoms with E-state index in [-0.39, 0.29) is 6.04 Å². The van der Waals surface area contributed by atoms with Crippen molar-refractivity contribution in [3.63, 3.8) is 0 Å². The molecule has 84 valence electrons. The number of imidazole rings is 1. The Balaban J connectivity index is 2.17. The lowest BCUT2D eigenvalue weighted by Crippen LogP contribution is -2.35. The smallest absolute Gasteiger partial charge is 0.127 e. The molecule has 0 aromatic carbocycles. The van der Waals surface area contributed by atoms with Crippen molar-refractivity contribution >= 4 is 0 Å². The first-order chi connectivity index (χ1) is 7.27. The van der Waals surface area contributed by atoms with Crippen molar-refractivity contribution in [3.8, 4) is 0 Å². The Morgan fingerprint density at radius 2 is 2.40 bits per heavy atom. The third-order valence-electron chi connectivity index (χ3n) is 3.44. The van der Waals surface area contributed by atoms with Gasteiger partial charge in [-0.3, -0.25) is 5.84 Å². The molecule has 4 nitrogen and oxygen atoms in total. The highest BCUT2D eigenvalue weighted by molar-refractivity contribution is 5.03. The zero-order chi connectivity index (χ0) is 10.8. The van der Waals surface area contributed by atoms with E-state index in [0.717, 1.165) is 18.3 Å². The molecule has 1 fully saturated rings. The van der Waals surface area contributed by atoms with Crippen LogP contribution in [0.1, 0.15) is 38.6 Å². The number of hydrazine groups is 1.